The van der Waals surface area contributed by atoms with Crippen LogP contribution >= 0.6 is 0 Å². The number of carboxylic acids is 1. The summed E-state index contributed by atoms with van der Waals surface area (Å²) in [6, 6.07) is -0.117. The van der Waals surface area contributed by atoms with Crippen LogP contribution in [0.3, 0.4) is 0 Å². The van der Waals surface area contributed by atoms with Crippen LogP contribution in [-0.4, -0.2) is 23.0 Å². The zero-order chi connectivity index (χ0) is 12.8. The van der Waals surface area contributed by atoms with Crippen LogP contribution in [-0.2, 0) is 9.59 Å². The lowest BCUT2D eigenvalue weighted by molar-refractivity contribution is -0.137. The number of amides is 1. The number of nitrogens with one attached hydrogen (secondary N) is 1. The van der Waals surface area contributed by atoms with E-state index < -0.39 is 5.97 Å². The summed E-state index contributed by atoms with van der Waals surface area (Å²) in [6.45, 7) is 7.81. The first kappa shape index (κ1) is 14.7. The summed E-state index contributed by atoms with van der Waals surface area (Å²) in [5.74, 6) is -1.01. The minimum atomic E-state index is -0.841. The standard InChI is InChI=1S/C12H21NO3/c1-9(5-6-11(15)16)13-10(14)7-8-12(2,3)4/h7-9H,5-6H2,1-4H3,(H,13,14)(H,15,16)/b8-7+. The average molecular weight is 227 g/mol. The fraction of sp³-hybridized carbons (Fsp3) is 0.667. The lowest BCUT2D eigenvalue weighted by atomic mass is 9.96. The van der Waals surface area contributed by atoms with E-state index in [9.17, 15) is 9.59 Å². The quantitative estimate of drug-likeness (QED) is 0.705. The van der Waals surface area contributed by atoms with E-state index in [0.29, 0.717) is 6.42 Å². The summed E-state index contributed by atoms with van der Waals surface area (Å²) < 4.78 is 0. The number of hydrogen-bond acceptors (Lipinski definition) is 2. The van der Waals surface area contributed by atoms with Crippen molar-refractivity contribution in [2.75, 3.05) is 0 Å². The lowest BCUT2D eigenvalue weighted by Crippen LogP contribution is -2.31. The smallest absolute Gasteiger partial charge is 0.303 e. The molecule has 0 heterocycles. The number of carboxylic acid groups (broad SMARTS) is 1. The summed E-state index contributed by atoms with van der Waals surface area (Å²) in [5, 5.41) is 11.2. The molecule has 0 aliphatic rings. The fourth-order valence-corrected chi connectivity index (χ4v) is 1.03. The van der Waals surface area contributed by atoms with Gasteiger partial charge in [0.25, 0.3) is 0 Å². The largest absolute Gasteiger partial charge is 0.481 e. The van der Waals surface area contributed by atoms with Crippen molar-refractivity contribution in [1.29, 1.82) is 0 Å². The lowest BCUT2D eigenvalue weighted by Gasteiger charge is -2.13. The molecule has 1 atom stereocenters. The molecule has 2 N–H and O–H groups in total. The van der Waals surface area contributed by atoms with Crippen LogP contribution in [0.15, 0.2) is 12.2 Å². The maximum Gasteiger partial charge on any atom is 0.303 e. The summed E-state index contributed by atoms with van der Waals surface area (Å²) in [6.07, 6.45) is 3.85. The van der Waals surface area contributed by atoms with Gasteiger partial charge in [-0.3, -0.25) is 9.59 Å². The summed E-state index contributed by atoms with van der Waals surface area (Å²) in [7, 11) is 0. The molecular weight excluding hydrogens is 206 g/mol. The molecule has 0 saturated heterocycles. The molecule has 0 rings (SSSR count). The molecule has 92 valence electrons. The second-order valence-corrected chi connectivity index (χ2v) is 5.04. The first-order valence-corrected chi connectivity index (χ1v) is 5.42. The highest BCUT2D eigenvalue weighted by molar-refractivity contribution is 5.87. The van der Waals surface area contributed by atoms with Crippen LogP contribution in [0, 0.1) is 5.41 Å². The van der Waals surface area contributed by atoms with Crippen molar-refractivity contribution in [3.63, 3.8) is 0 Å². The van der Waals surface area contributed by atoms with Crippen molar-refractivity contribution in [1.82, 2.24) is 5.32 Å². The van der Waals surface area contributed by atoms with E-state index in [-0.39, 0.29) is 23.8 Å². The van der Waals surface area contributed by atoms with Crippen molar-refractivity contribution in [3.8, 4) is 0 Å². The van der Waals surface area contributed by atoms with Gasteiger partial charge < -0.3 is 10.4 Å². The molecule has 4 nitrogen and oxygen atoms in total. The van der Waals surface area contributed by atoms with Gasteiger partial charge in [0, 0.05) is 12.5 Å². The molecule has 0 spiro atoms. The molecular formula is C12H21NO3. The van der Waals surface area contributed by atoms with Gasteiger partial charge in [-0.25, -0.2) is 0 Å². The Labute approximate surface area is 96.7 Å². The zero-order valence-electron chi connectivity index (χ0n) is 10.4. The Kier molecular flexibility index (Phi) is 5.78. The van der Waals surface area contributed by atoms with Crippen LogP contribution < -0.4 is 5.32 Å². The van der Waals surface area contributed by atoms with Gasteiger partial charge in [-0.05, 0) is 24.8 Å². The second-order valence-electron chi connectivity index (χ2n) is 5.04. The van der Waals surface area contributed by atoms with Crippen molar-refractivity contribution in [2.24, 2.45) is 5.41 Å². The predicted molar refractivity (Wildman–Crippen MR) is 63.1 cm³/mol. The van der Waals surface area contributed by atoms with E-state index in [4.69, 9.17) is 5.11 Å². The van der Waals surface area contributed by atoms with Gasteiger partial charge in [-0.2, -0.15) is 0 Å². The summed E-state index contributed by atoms with van der Waals surface area (Å²) in [4.78, 5) is 21.7. The van der Waals surface area contributed by atoms with Gasteiger partial charge in [0.2, 0.25) is 5.91 Å². The molecule has 0 aromatic carbocycles. The van der Waals surface area contributed by atoms with E-state index in [1.54, 1.807) is 6.92 Å². The highest BCUT2D eigenvalue weighted by Gasteiger charge is 2.09. The van der Waals surface area contributed by atoms with Gasteiger partial charge >= 0.3 is 5.97 Å². The summed E-state index contributed by atoms with van der Waals surface area (Å²) in [5.41, 5.74) is -0.0261. The van der Waals surface area contributed by atoms with Gasteiger partial charge in [0.05, 0.1) is 0 Å². The van der Waals surface area contributed by atoms with Crippen molar-refractivity contribution < 1.29 is 14.7 Å². The molecule has 16 heavy (non-hydrogen) atoms. The minimum Gasteiger partial charge on any atom is -0.481 e. The van der Waals surface area contributed by atoms with E-state index in [2.05, 4.69) is 5.32 Å². The molecule has 1 unspecified atom stereocenters. The molecule has 4 heteroatoms. The topological polar surface area (TPSA) is 66.4 Å². The molecule has 0 saturated carbocycles. The van der Waals surface area contributed by atoms with Crippen LogP contribution in [0.2, 0.25) is 0 Å². The molecule has 0 aromatic heterocycles. The first-order chi connectivity index (χ1) is 7.20. The van der Waals surface area contributed by atoms with Crippen molar-refractivity contribution >= 4 is 11.9 Å². The highest BCUT2D eigenvalue weighted by atomic mass is 16.4. The number of hydrogen-bond donors (Lipinski definition) is 2. The van der Waals surface area contributed by atoms with Gasteiger partial charge in [0.15, 0.2) is 0 Å². The third-order valence-corrected chi connectivity index (χ3v) is 1.91. The Morgan fingerprint density at radius 2 is 1.94 bits per heavy atom. The molecule has 0 fully saturated rings. The third kappa shape index (κ3) is 9.24. The number of allylic oxidation sites excluding steroid dienone is 1. The molecule has 1 amide bonds. The number of aliphatic carboxylic acids is 1. The second kappa shape index (κ2) is 6.30. The monoisotopic (exact) mass is 227 g/mol. The Bertz CT molecular complexity index is 276. The Morgan fingerprint density at radius 1 is 1.38 bits per heavy atom. The SMILES string of the molecule is CC(CCC(=O)O)NC(=O)/C=C/C(C)(C)C. The van der Waals surface area contributed by atoms with E-state index in [1.165, 1.54) is 6.08 Å². The Balaban J connectivity index is 3.96. The van der Waals surface area contributed by atoms with Gasteiger partial charge in [-0.1, -0.05) is 26.8 Å². The fourth-order valence-electron chi connectivity index (χ4n) is 1.03. The zero-order valence-corrected chi connectivity index (χ0v) is 10.4. The van der Waals surface area contributed by atoms with Gasteiger partial charge in [-0.15, -0.1) is 0 Å². The third-order valence-electron chi connectivity index (χ3n) is 1.91. The van der Waals surface area contributed by atoms with E-state index in [0.717, 1.165) is 0 Å². The predicted octanol–water partition coefficient (Wildman–Crippen LogP) is 1.96. The van der Waals surface area contributed by atoms with Crippen LogP contribution in [0.25, 0.3) is 0 Å². The number of carbonyl (C=O) groups excluding carboxylic acids is 1. The molecule has 0 radical (unpaired) electrons. The normalized spacial score (nSPS) is 13.8. The van der Waals surface area contributed by atoms with Crippen LogP contribution in [0.1, 0.15) is 40.5 Å². The Morgan fingerprint density at radius 3 is 2.38 bits per heavy atom. The molecule has 0 aliphatic heterocycles. The molecule has 0 aromatic rings. The van der Waals surface area contributed by atoms with Crippen LogP contribution in [0.5, 0.6) is 0 Å². The first-order valence-electron chi connectivity index (χ1n) is 5.42. The highest BCUT2D eigenvalue weighted by Crippen LogP contribution is 2.14. The maximum atomic E-state index is 11.4. The molecule has 0 aliphatic carbocycles. The van der Waals surface area contributed by atoms with Crippen molar-refractivity contribution in [3.05, 3.63) is 12.2 Å². The maximum absolute atomic E-state index is 11.4. The Hall–Kier alpha value is -1.32. The number of carbonyl (C=O) groups is 2. The van der Waals surface area contributed by atoms with Crippen molar-refractivity contribution in [2.45, 2.75) is 46.6 Å². The number of rotatable bonds is 5. The van der Waals surface area contributed by atoms with Gasteiger partial charge in [0.1, 0.15) is 0 Å². The molecule has 0 bridgehead atoms. The van der Waals surface area contributed by atoms with E-state index >= 15 is 0 Å². The van der Waals surface area contributed by atoms with E-state index in [1.807, 2.05) is 26.8 Å². The minimum absolute atomic E-state index is 0.0261. The summed E-state index contributed by atoms with van der Waals surface area (Å²) >= 11 is 0. The average Bonchev–Trinajstić information content (AvgIpc) is 2.10. The van der Waals surface area contributed by atoms with Crippen LogP contribution in [0.4, 0.5) is 0 Å².